The SMILES string of the molecule is CCc1nsc(N2CCCN(CC(=O)c3cc(C)[nH]c3C)CC2)n1. The lowest BCUT2D eigenvalue weighted by atomic mass is 10.1. The number of nitrogens with zero attached hydrogens (tertiary/aromatic N) is 4. The van der Waals surface area contributed by atoms with Crippen molar-refractivity contribution in [1.82, 2.24) is 19.2 Å². The number of anilines is 1. The van der Waals surface area contributed by atoms with E-state index in [0.717, 1.165) is 66.9 Å². The van der Waals surface area contributed by atoms with Gasteiger partial charge < -0.3 is 9.88 Å². The smallest absolute Gasteiger partial charge is 0.205 e. The van der Waals surface area contributed by atoms with Crippen LogP contribution in [0.3, 0.4) is 0 Å². The fourth-order valence-corrected chi connectivity index (χ4v) is 3.94. The zero-order valence-corrected chi connectivity index (χ0v) is 15.4. The number of aryl methyl sites for hydroxylation is 3. The molecule has 1 fully saturated rings. The van der Waals surface area contributed by atoms with E-state index in [1.165, 1.54) is 11.5 Å². The highest BCUT2D eigenvalue weighted by atomic mass is 32.1. The van der Waals surface area contributed by atoms with Crippen molar-refractivity contribution in [3.05, 3.63) is 28.8 Å². The van der Waals surface area contributed by atoms with Crippen LogP contribution in [-0.4, -0.2) is 57.7 Å². The number of rotatable bonds is 5. The van der Waals surface area contributed by atoms with Crippen molar-refractivity contribution in [3.8, 4) is 0 Å². The Hall–Kier alpha value is -1.73. The Labute approximate surface area is 147 Å². The average molecular weight is 347 g/mol. The summed E-state index contributed by atoms with van der Waals surface area (Å²) >= 11 is 1.48. The maximum atomic E-state index is 12.6. The molecule has 1 saturated heterocycles. The highest BCUT2D eigenvalue weighted by Crippen LogP contribution is 2.19. The summed E-state index contributed by atoms with van der Waals surface area (Å²) < 4.78 is 4.38. The molecule has 0 bridgehead atoms. The molecule has 130 valence electrons. The molecule has 0 spiro atoms. The molecule has 0 atom stereocenters. The van der Waals surface area contributed by atoms with E-state index in [0.29, 0.717) is 6.54 Å². The molecule has 1 aliphatic heterocycles. The first kappa shape index (κ1) is 17.1. The van der Waals surface area contributed by atoms with Crippen molar-refractivity contribution < 1.29 is 4.79 Å². The molecule has 0 radical (unpaired) electrons. The van der Waals surface area contributed by atoms with E-state index in [4.69, 9.17) is 0 Å². The first-order valence-electron chi connectivity index (χ1n) is 8.56. The molecule has 6 nitrogen and oxygen atoms in total. The van der Waals surface area contributed by atoms with Crippen LogP contribution < -0.4 is 4.90 Å². The van der Waals surface area contributed by atoms with Gasteiger partial charge in [0.25, 0.3) is 0 Å². The van der Waals surface area contributed by atoms with Crippen LogP contribution in [0.5, 0.6) is 0 Å². The molecule has 2 aromatic rings. The van der Waals surface area contributed by atoms with Crippen LogP contribution in [0.25, 0.3) is 0 Å². The zero-order valence-electron chi connectivity index (χ0n) is 14.6. The summed E-state index contributed by atoms with van der Waals surface area (Å²) in [6.45, 7) is 10.2. The molecule has 0 aliphatic carbocycles. The van der Waals surface area contributed by atoms with Crippen LogP contribution in [0.4, 0.5) is 5.13 Å². The molecule has 3 heterocycles. The van der Waals surface area contributed by atoms with Crippen molar-refractivity contribution in [3.63, 3.8) is 0 Å². The van der Waals surface area contributed by atoms with E-state index in [1.54, 1.807) is 0 Å². The summed E-state index contributed by atoms with van der Waals surface area (Å²) in [4.78, 5) is 24.9. The number of nitrogens with one attached hydrogen (secondary N) is 1. The summed E-state index contributed by atoms with van der Waals surface area (Å²) in [5.74, 6) is 1.12. The van der Waals surface area contributed by atoms with Crippen LogP contribution >= 0.6 is 11.5 Å². The maximum absolute atomic E-state index is 12.6. The monoisotopic (exact) mass is 347 g/mol. The Bertz CT molecular complexity index is 708. The minimum atomic E-state index is 0.203. The molecular formula is C17H25N5OS. The summed E-state index contributed by atoms with van der Waals surface area (Å²) in [7, 11) is 0. The largest absolute Gasteiger partial charge is 0.362 e. The van der Waals surface area contributed by atoms with E-state index in [9.17, 15) is 4.79 Å². The Morgan fingerprint density at radius 3 is 2.79 bits per heavy atom. The predicted molar refractivity (Wildman–Crippen MR) is 97.2 cm³/mol. The first-order chi connectivity index (χ1) is 11.6. The predicted octanol–water partition coefficient (Wildman–Crippen LogP) is 2.44. The van der Waals surface area contributed by atoms with Crippen LogP contribution in [0.2, 0.25) is 0 Å². The van der Waals surface area contributed by atoms with E-state index in [1.807, 2.05) is 19.9 Å². The highest BCUT2D eigenvalue weighted by Gasteiger charge is 2.21. The summed E-state index contributed by atoms with van der Waals surface area (Å²) in [5, 5.41) is 1.01. The molecule has 2 aromatic heterocycles. The van der Waals surface area contributed by atoms with Crippen LogP contribution in [0.15, 0.2) is 6.07 Å². The minimum Gasteiger partial charge on any atom is -0.362 e. The van der Waals surface area contributed by atoms with Crippen molar-refractivity contribution in [2.45, 2.75) is 33.6 Å². The van der Waals surface area contributed by atoms with Gasteiger partial charge in [-0.25, -0.2) is 4.98 Å². The fourth-order valence-electron chi connectivity index (χ4n) is 3.14. The Morgan fingerprint density at radius 2 is 2.12 bits per heavy atom. The standard InChI is InChI=1S/C17H25N5OS/c1-4-16-19-17(24-20-16)22-7-5-6-21(8-9-22)11-15(23)14-10-12(2)18-13(14)3/h10,18H,4-9,11H2,1-3H3. The Kier molecular flexibility index (Phi) is 5.30. The molecule has 0 unspecified atom stereocenters. The van der Waals surface area contributed by atoms with Crippen LogP contribution in [-0.2, 0) is 6.42 Å². The van der Waals surface area contributed by atoms with Crippen LogP contribution in [0, 0.1) is 13.8 Å². The number of ketones is 1. The lowest BCUT2D eigenvalue weighted by Crippen LogP contribution is -2.34. The third kappa shape index (κ3) is 3.84. The van der Waals surface area contributed by atoms with Gasteiger partial charge in [0.1, 0.15) is 5.82 Å². The second-order valence-electron chi connectivity index (χ2n) is 6.38. The fraction of sp³-hybridized carbons (Fsp3) is 0.588. The van der Waals surface area contributed by atoms with Gasteiger partial charge in [0.05, 0.1) is 6.54 Å². The van der Waals surface area contributed by atoms with Crippen molar-refractivity contribution in [2.24, 2.45) is 0 Å². The second kappa shape index (κ2) is 7.44. The average Bonchev–Trinajstić information content (AvgIpc) is 3.09. The topological polar surface area (TPSA) is 65.1 Å². The van der Waals surface area contributed by atoms with Gasteiger partial charge in [-0.05, 0) is 26.3 Å². The molecule has 24 heavy (non-hydrogen) atoms. The molecule has 3 rings (SSSR count). The first-order valence-corrected chi connectivity index (χ1v) is 9.33. The van der Waals surface area contributed by atoms with E-state index in [2.05, 4.69) is 31.1 Å². The number of H-pyrrole nitrogens is 1. The van der Waals surface area contributed by atoms with Gasteiger partial charge in [-0.15, -0.1) is 0 Å². The van der Waals surface area contributed by atoms with Gasteiger partial charge in [0.15, 0.2) is 5.78 Å². The Balaban J connectivity index is 1.59. The molecule has 0 amide bonds. The van der Waals surface area contributed by atoms with Crippen molar-refractivity contribution >= 4 is 22.4 Å². The molecular weight excluding hydrogens is 322 g/mol. The Morgan fingerprint density at radius 1 is 1.29 bits per heavy atom. The third-order valence-electron chi connectivity index (χ3n) is 4.45. The number of carbonyl (C=O) groups is 1. The third-order valence-corrected chi connectivity index (χ3v) is 5.26. The van der Waals surface area contributed by atoms with E-state index < -0.39 is 0 Å². The lowest BCUT2D eigenvalue weighted by molar-refractivity contribution is 0.0935. The number of hydrogen-bond acceptors (Lipinski definition) is 6. The van der Waals surface area contributed by atoms with Gasteiger partial charge in [-0.1, -0.05) is 6.92 Å². The summed E-state index contributed by atoms with van der Waals surface area (Å²) in [6.07, 6.45) is 1.92. The normalized spacial score (nSPS) is 16.4. The number of carbonyl (C=O) groups excluding carboxylic acids is 1. The highest BCUT2D eigenvalue weighted by molar-refractivity contribution is 7.09. The maximum Gasteiger partial charge on any atom is 0.205 e. The van der Waals surface area contributed by atoms with Gasteiger partial charge in [0, 0.05) is 61.1 Å². The molecule has 0 saturated carbocycles. The molecule has 1 N–H and O–H groups in total. The van der Waals surface area contributed by atoms with Gasteiger partial charge in [-0.2, -0.15) is 4.37 Å². The van der Waals surface area contributed by atoms with Gasteiger partial charge >= 0.3 is 0 Å². The molecule has 1 aliphatic rings. The quantitative estimate of drug-likeness (QED) is 0.842. The van der Waals surface area contributed by atoms with Crippen molar-refractivity contribution in [2.75, 3.05) is 37.6 Å². The minimum absolute atomic E-state index is 0.203. The number of aromatic amines is 1. The van der Waals surface area contributed by atoms with Crippen LogP contribution in [0.1, 0.15) is 40.9 Å². The van der Waals surface area contributed by atoms with E-state index in [-0.39, 0.29) is 5.78 Å². The number of hydrogen-bond donors (Lipinski definition) is 1. The number of aromatic nitrogens is 3. The zero-order chi connectivity index (χ0) is 17.1. The van der Waals surface area contributed by atoms with Gasteiger partial charge in [0.2, 0.25) is 5.13 Å². The summed E-state index contributed by atoms with van der Waals surface area (Å²) in [5.41, 5.74) is 2.83. The van der Waals surface area contributed by atoms with Crippen molar-refractivity contribution in [1.29, 1.82) is 0 Å². The van der Waals surface area contributed by atoms with E-state index >= 15 is 0 Å². The molecule has 0 aromatic carbocycles. The summed E-state index contributed by atoms with van der Waals surface area (Å²) in [6, 6.07) is 1.95. The lowest BCUT2D eigenvalue weighted by Gasteiger charge is -2.20. The number of Topliss-reactive ketones (excluding diaryl/α,β-unsaturated/α-hetero) is 1. The second-order valence-corrected chi connectivity index (χ2v) is 7.11. The molecule has 7 heteroatoms. The van der Waals surface area contributed by atoms with Gasteiger partial charge in [-0.3, -0.25) is 9.69 Å².